The zero-order chi connectivity index (χ0) is 21.8. The van der Waals surface area contributed by atoms with E-state index < -0.39 is 10.9 Å². The van der Waals surface area contributed by atoms with Crippen molar-refractivity contribution in [3.63, 3.8) is 0 Å². The normalized spacial score (nSPS) is 13.8. The first-order chi connectivity index (χ1) is 15.0. The van der Waals surface area contributed by atoms with Gasteiger partial charge in [0.05, 0.1) is 10.5 Å². The number of anilines is 1. The zero-order valence-electron chi connectivity index (χ0n) is 16.5. The van der Waals surface area contributed by atoms with Gasteiger partial charge in [0, 0.05) is 24.7 Å². The van der Waals surface area contributed by atoms with Crippen molar-refractivity contribution >= 4 is 17.3 Å². The maximum absolute atomic E-state index is 13.0. The van der Waals surface area contributed by atoms with Crippen LogP contribution in [0, 0.1) is 15.9 Å². The van der Waals surface area contributed by atoms with Gasteiger partial charge in [0.1, 0.15) is 11.5 Å². The van der Waals surface area contributed by atoms with Gasteiger partial charge in [-0.25, -0.2) is 9.18 Å². The van der Waals surface area contributed by atoms with Crippen molar-refractivity contribution in [3.8, 4) is 11.4 Å². The van der Waals surface area contributed by atoms with E-state index in [4.69, 9.17) is 9.26 Å². The fraction of sp³-hybridized carbons (Fsp3) is 0.286. The highest BCUT2D eigenvalue weighted by atomic mass is 19.1. The van der Waals surface area contributed by atoms with Crippen LogP contribution in [-0.4, -0.2) is 34.1 Å². The quantitative estimate of drug-likeness (QED) is 0.329. The standard InChI is InChI=1S/C21H19FN4O5/c22-16-7-4-14(5-8-16)20-23-19(31-24-20)13-30-21(27)15-6-9-17(18(12-15)26(28)29)25-10-2-1-3-11-25/h4-9,12H,1-3,10-11,13H2. The van der Waals surface area contributed by atoms with E-state index in [0.29, 0.717) is 11.3 Å². The first-order valence-electron chi connectivity index (χ1n) is 9.80. The minimum absolute atomic E-state index is 0.0483. The Hall–Kier alpha value is -3.82. The van der Waals surface area contributed by atoms with Gasteiger partial charge in [-0.3, -0.25) is 10.1 Å². The summed E-state index contributed by atoms with van der Waals surface area (Å²) in [5.41, 5.74) is 0.979. The first kappa shape index (κ1) is 20.5. The fourth-order valence-electron chi connectivity index (χ4n) is 3.44. The third-order valence-corrected chi connectivity index (χ3v) is 5.00. The molecule has 1 aliphatic rings. The molecule has 4 rings (SSSR count). The molecule has 1 fully saturated rings. The van der Waals surface area contributed by atoms with Crippen LogP contribution in [0.1, 0.15) is 35.5 Å². The predicted octanol–water partition coefficient (Wildman–Crippen LogP) is 4.13. The van der Waals surface area contributed by atoms with Gasteiger partial charge in [0.2, 0.25) is 5.82 Å². The maximum Gasteiger partial charge on any atom is 0.338 e. The van der Waals surface area contributed by atoms with Crippen LogP contribution >= 0.6 is 0 Å². The molecule has 31 heavy (non-hydrogen) atoms. The molecule has 0 unspecified atom stereocenters. The Balaban J connectivity index is 1.44. The Morgan fingerprint density at radius 1 is 1.16 bits per heavy atom. The van der Waals surface area contributed by atoms with Gasteiger partial charge in [-0.2, -0.15) is 4.98 Å². The van der Waals surface area contributed by atoms with Crippen LogP contribution in [0.4, 0.5) is 15.8 Å². The Bertz CT molecular complexity index is 1090. The summed E-state index contributed by atoms with van der Waals surface area (Å²) in [5, 5.41) is 15.3. The highest BCUT2D eigenvalue weighted by Crippen LogP contribution is 2.31. The molecule has 0 amide bonds. The molecule has 0 bridgehead atoms. The summed E-state index contributed by atoms with van der Waals surface area (Å²) >= 11 is 0. The van der Waals surface area contributed by atoms with Crippen molar-refractivity contribution < 1.29 is 23.4 Å². The van der Waals surface area contributed by atoms with E-state index >= 15 is 0 Å². The van der Waals surface area contributed by atoms with Crippen molar-refractivity contribution in [2.45, 2.75) is 25.9 Å². The summed E-state index contributed by atoms with van der Waals surface area (Å²) in [4.78, 5) is 29.5. The van der Waals surface area contributed by atoms with Gasteiger partial charge in [0.25, 0.3) is 11.6 Å². The maximum atomic E-state index is 13.0. The number of carbonyl (C=O) groups is 1. The molecular weight excluding hydrogens is 407 g/mol. The largest absolute Gasteiger partial charge is 0.452 e. The minimum atomic E-state index is -0.741. The summed E-state index contributed by atoms with van der Waals surface area (Å²) in [6, 6.07) is 9.86. The number of rotatable bonds is 6. The van der Waals surface area contributed by atoms with E-state index in [0.717, 1.165) is 32.4 Å². The summed E-state index contributed by atoms with van der Waals surface area (Å²) in [6.07, 6.45) is 3.06. The lowest BCUT2D eigenvalue weighted by Gasteiger charge is -2.28. The average Bonchev–Trinajstić information content (AvgIpc) is 3.27. The number of piperidine rings is 1. The molecule has 2 aromatic carbocycles. The highest BCUT2D eigenvalue weighted by Gasteiger charge is 2.24. The molecule has 0 N–H and O–H groups in total. The second-order valence-corrected chi connectivity index (χ2v) is 7.10. The van der Waals surface area contributed by atoms with E-state index in [1.54, 1.807) is 6.07 Å². The van der Waals surface area contributed by atoms with Gasteiger partial charge in [-0.15, -0.1) is 0 Å². The van der Waals surface area contributed by atoms with Crippen LogP contribution in [-0.2, 0) is 11.3 Å². The van der Waals surface area contributed by atoms with Gasteiger partial charge in [0.15, 0.2) is 6.61 Å². The number of aromatic nitrogens is 2. The van der Waals surface area contributed by atoms with Crippen molar-refractivity contribution in [3.05, 3.63) is 69.9 Å². The van der Waals surface area contributed by atoms with E-state index in [-0.39, 0.29) is 35.4 Å². The molecule has 1 aromatic heterocycles. The number of nitro benzene ring substituents is 1. The zero-order valence-corrected chi connectivity index (χ0v) is 16.5. The third-order valence-electron chi connectivity index (χ3n) is 5.00. The second kappa shape index (κ2) is 8.90. The van der Waals surface area contributed by atoms with Crippen molar-refractivity contribution in [2.24, 2.45) is 0 Å². The molecule has 2 heterocycles. The number of esters is 1. The molecule has 160 valence electrons. The van der Waals surface area contributed by atoms with Crippen LogP contribution < -0.4 is 4.90 Å². The molecule has 3 aromatic rings. The van der Waals surface area contributed by atoms with Crippen LogP contribution in [0.5, 0.6) is 0 Å². The fourth-order valence-corrected chi connectivity index (χ4v) is 3.44. The molecule has 9 nitrogen and oxygen atoms in total. The van der Waals surface area contributed by atoms with Crippen molar-refractivity contribution in [1.29, 1.82) is 0 Å². The molecule has 0 radical (unpaired) electrons. The Kier molecular flexibility index (Phi) is 5.87. The lowest BCUT2D eigenvalue weighted by Crippen LogP contribution is -2.30. The number of benzene rings is 2. The summed E-state index contributed by atoms with van der Waals surface area (Å²) < 4.78 is 23.2. The number of carbonyl (C=O) groups excluding carboxylic acids is 1. The number of ether oxygens (including phenoxy) is 1. The van der Waals surface area contributed by atoms with Gasteiger partial charge in [-0.1, -0.05) is 5.16 Å². The smallest absolute Gasteiger partial charge is 0.338 e. The number of halogens is 1. The van der Waals surface area contributed by atoms with Crippen molar-refractivity contribution in [1.82, 2.24) is 10.1 Å². The van der Waals surface area contributed by atoms with Crippen LogP contribution in [0.15, 0.2) is 47.0 Å². The third kappa shape index (κ3) is 4.68. The van der Waals surface area contributed by atoms with Gasteiger partial charge >= 0.3 is 5.97 Å². The number of nitro groups is 1. The second-order valence-electron chi connectivity index (χ2n) is 7.10. The topological polar surface area (TPSA) is 112 Å². The lowest BCUT2D eigenvalue weighted by molar-refractivity contribution is -0.384. The van der Waals surface area contributed by atoms with Crippen LogP contribution in [0.2, 0.25) is 0 Å². The summed E-state index contributed by atoms with van der Waals surface area (Å²) in [6.45, 7) is 1.20. The number of nitrogens with zero attached hydrogens (tertiary/aromatic N) is 4. The molecule has 0 saturated carbocycles. The van der Waals surface area contributed by atoms with Crippen molar-refractivity contribution in [2.75, 3.05) is 18.0 Å². The molecule has 0 spiro atoms. The summed E-state index contributed by atoms with van der Waals surface area (Å²) in [7, 11) is 0. The molecule has 0 atom stereocenters. The number of hydrogen-bond donors (Lipinski definition) is 0. The molecular formula is C21H19FN4O5. The molecule has 0 aliphatic carbocycles. The van der Waals surface area contributed by atoms with E-state index in [9.17, 15) is 19.3 Å². The SMILES string of the molecule is O=C(OCc1nc(-c2ccc(F)cc2)no1)c1ccc(N2CCCCC2)c([N+](=O)[O-])c1. The Labute approximate surface area is 176 Å². The monoisotopic (exact) mass is 426 g/mol. The van der Waals surface area contributed by atoms with Gasteiger partial charge < -0.3 is 14.2 Å². The molecule has 1 aliphatic heterocycles. The van der Waals surface area contributed by atoms with Gasteiger partial charge in [-0.05, 0) is 55.7 Å². The summed E-state index contributed by atoms with van der Waals surface area (Å²) in [5.74, 6) is -0.851. The van der Waals surface area contributed by atoms with E-state index in [1.165, 1.54) is 36.4 Å². The van der Waals surface area contributed by atoms with Crippen LogP contribution in [0.25, 0.3) is 11.4 Å². The average molecular weight is 426 g/mol. The lowest BCUT2D eigenvalue weighted by atomic mass is 10.1. The Morgan fingerprint density at radius 3 is 2.61 bits per heavy atom. The highest BCUT2D eigenvalue weighted by molar-refractivity contribution is 5.91. The molecule has 1 saturated heterocycles. The first-order valence-corrected chi connectivity index (χ1v) is 9.80. The minimum Gasteiger partial charge on any atom is -0.452 e. The van der Waals surface area contributed by atoms with Crippen LogP contribution in [0.3, 0.4) is 0 Å². The van der Waals surface area contributed by atoms with E-state index in [1.807, 2.05) is 4.90 Å². The predicted molar refractivity (Wildman–Crippen MR) is 108 cm³/mol. The molecule has 10 heteroatoms. The number of hydrogen-bond acceptors (Lipinski definition) is 8. The Morgan fingerprint density at radius 2 is 1.90 bits per heavy atom. The van der Waals surface area contributed by atoms with E-state index in [2.05, 4.69) is 10.1 Å².